The zero-order valence-electron chi connectivity index (χ0n) is 14.6. The lowest BCUT2D eigenvalue weighted by Gasteiger charge is -2.09. The summed E-state index contributed by atoms with van der Waals surface area (Å²) in [6, 6.07) is 22.4. The second kappa shape index (κ2) is 8.79. The van der Waals surface area contributed by atoms with Crippen molar-refractivity contribution in [1.82, 2.24) is 4.72 Å². The van der Waals surface area contributed by atoms with Gasteiger partial charge in [-0.15, -0.1) is 0 Å². The first kappa shape index (κ1) is 19.1. The number of rotatable bonds is 8. The molecule has 0 saturated heterocycles. The van der Waals surface area contributed by atoms with Gasteiger partial charge in [-0.25, -0.2) is 17.5 Å². The molecule has 0 atom stereocenters. The first-order valence-electron chi connectivity index (χ1n) is 8.48. The highest BCUT2D eigenvalue weighted by Gasteiger charge is 2.11. The van der Waals surface area contributed by atoms with Crippen LogP contribution < -0.4 is 9.46 Å². The second-order valence-electron chi connectivity index (χ2n) is 6.12. The van der Waals surface area contributed by atoms with Crippen LogP contribution in [-0.4, -0.2) is 8.42 Å². The Morgan fingerprint density at radius 3 is 2.07 bits per heavy atom. The highest BCUT2D eigenvalue weighted by Crippen LogP contribution is 2.15. The first-order chi connectivity index (χ1) is 13.0. The van der Waals surface area contributed by atoms with Crippen molar-refractivity contribution >= 4 is 10.0 Å². The monoisotopic (exact) mass is 385 g/mol. The quantitative estimate of drug-likeness (QED) is 0.637. The fourth-order valence-electron chi connectivity index (χ4n) is 2.49. The van der Waals surface area contributed by atoms with Crippen LogP contribution in [-0.2, 0) is 28.9 Å². The van der Waals surface area contributed by atoms with E-state index in [0.717, 1.165) is 16.7 Å². The maximum absolute atomic E-state index is 12.9. The molecule has 27 heavy (non-hydrogen) atoms. The Balaban J connectivity index is 1.50. The Bertz CT molecular complexity index is 957. The summed E-state index contributed by atoms with van der Waals surface area (Å²) in [7, 11) is -3.40. The van der Waals surface area contributed by atoms with Gasteiger partial charge in [0, 0.05) is 6.54 Å². The highest BCUT2D eigenvalue weighted by atomic mass is 32.2. The normalized spacial score (nSPS) is 11.3. The van der Waals surface area contributed by atoms with Crippen LogP contribution in [0.1, 0.15) is 16.7 Å². The molecular formula is C21H20FNO3S. The molecule has 0 aliphatic carbocycles. The Hall–Kier alpha value is -2.70. The summed E-state index contributed by atoms with van der Waals surface area (Å²) in [5.41, 5.74) is 2.45. The third kappa shape index (κ3) is 6.20. The molecule has 3 rings (SSSR count). The highest BCUT2D eigenvalue weighted by molar-refractivity contribution is 7.88. The van der Waals surface area contributed by atoms with E-state index in [9.17, 15) is 12.8 Å². The van der Waals surface area contributed by atoms with Crippen molar-refractivity contribution in [3.8, 4) is 5.75 Å². The summed E-state index contributed by atoms with van der Waals surface area (Å²) in [6.07, 6.45) is 0. The third-order valence-corrected chi connectivity index (χ3v) is 5.24. The van der Waals surface area contributed by atoms with Crippen LogP contribution in [0.2, 0.25) is 0 Å². The summed E-state index contributed by atoms with van der Waals surface area (Å²) in [5, 5.41) is 0. The fourth-order valence-corrected chi connectivity index (χ4v) is 3.61. The van der Waals surface area contributed by atoms with Crippen molar-refractivity contribution in [2.75, 3.05) is 0 Å². The van der Waals surface area contributed by atoms with Crippen molar-refractivity contribution < 1.29 is 17.5 Å². The lowest BCUT2D eigenvalue weighted by molar-refractivity contribution is 0.306. The molecule has 0 spiro atoms. The Kier molecular flexibility index (Phi) is 6.21. The van der Waals surface area contributed by atoms with Crippen LogP contribution in [0.15, 0.2) is 78.9 Å². The van der Waals surface area contributed by atoms with Crippen molar-refractivity contribution in [1.29, 1.82) is 0 Å². The van der Waals surface area contributed by atoms with Crippen molar-refractivity contribution in [3.63, 3.8) is 0 Å². The van der Waals surface area contributed by atoms with E-state index < -0.39 is 10.0 Å². The largest absolute Gasteiger partial charge is 0.489 e. The predicted molar refractivity (Wildman–Crippen MR) is 103 cm³/mol. The zero-order chi connectivity index (χ0) is 19.1. The molecule has 0 heterocycles. The van der Waals surface area contributed by atoms with Crippen LogP contribution in [0.25, 0.3) is 0 Å². The lowest BCUT2D eigenvalue weighted by atomic mass is 10.2. The Labute approximate surface area is 158 Å². The molecule has 4 nitrogen and oxygen atoms in total. The number of nitrogens with one attached hydrogen (secondary N) is 1. The predicted octanol–water partition coefficient (Wildman–Crippen LogP) is 4.02. The van der Waals surface area contributed by atoms with Crippen molar-refractivity contribution in [3.05, 3.63) is 101 Å². The van der Waals surface area contributed by atoms with Crippen LogP contribution in [0.4, 0.5) is 4.39 Å². The number of halogens is 1. The minimum atomic E-state index is -3.40. The van der Waals surface area contributed by atoms with Gasteiger partial charge in [0.25, 0.3) is 0 Å². The van der Waals surface area contributed by atoms with E-state index in [1.54, 1.807) is 36.4 Å². The minimum absolute atomic E-state index is 0.0489. The molecule has 0 aliphatic heterocycles. The Morgan fingerprint density at radius 1 is 0.778 bits per heavy atom. The van der Waals surface area contributed by atoms with Gasteiger partial charge in [0.05, 0.1) is 5.75 Å². The maximum atomic E-state index is 12.9. The van der Waals surface area contributed by atoms with Crippen LogP contribution >= 0.6 is 0 Å². The first-order valence-corrected chi connectivity index (χ1v) is 10.1. The number of hydrogen-bond acceptors (Lipinski definition) is 3. The number of sulfonamides is 1. The van der Waals surface area contributed by atoms with E-state index in [-0.39, 0.29) is 18.1 Å². The standard InChI is InChI=1S/C21H20FNO3S/c22-20-10-6-18(7-11-20)15-26-21-12-8-17(9-13-21)14-23-27(24,25)16-19-4-2-1-3-5-19/h1-13,23H,14-16H2. The summed E-state index contributed by atoms with van der Waals surface area (Å²) in [6.45, 7) is 0.552. The molecule has 3 aromatic carbocycles. The molecule has 0 amide bonds. The van der Waals surface area contributed by atoms with Gasteiger partial charge in [0.2, 0.25) is 10.0 Å². The van der Waals surface area contributed by atoms with Crippen LogP contribution in [0.3, 0.4) is 0 Å². The number of benzene rings is 3. The summed E-state index contributed by atoms with van der Waals surface area (Å²) >= 11 is 0. The van der Waals surface area contributed by atoms with E-state index in [0.29, 0.717) is 12.4 Å². The Morgan fingerprint density at radius 2 is 1.41 bits per heavy atom. The third-order valence-electron chi connectivity index (χ3n) is 3.94. The molecule has 140 valence electrons. The molecule has 0 aromatic heterocycles. The molecule has 0 radical (unpaired) electrons. The molecule has 0 unspecified atom stereocenters. The van der Waals surface area contributed by atoms with E-state index in [4.69, 9.17) is 4.74 Å². The minimum Gasteiger partial charge on any atom is -0.489 e. The van der Waals surface area contributed by atoms with Crippen LogP contribution in [0, 0.1) is 5.82 Å². The van der Waals surface area contributed by atoms with Gasteiger partial charge in [-0.2, -0.15) is 0 Å². The van der Waals surface area contributed by atoms with Gasteiger partial charge in [-0.3, -0.25) is 0 Å². The van der Waals surface area contributed by atoms with E-state index >= 15 is 0 Å². The average Bonchev–Trinajstić information content (AvgIpc) is 2.67. The molecule has 0 aliphatic rings. The molecule has 0 saturated carbocycles. The smallest absolute Gasteiger partial charge is 0.216 e. The molecule has 3 aromatic rings. The fraction of sp³-hybridized carbons (Fsp3) is 0.143. The van der Waals surface area contributed by atoms with Gasteiger partial charge in [0.15, 0.2) is 0 Å². The molecule has 1 N–H and O–H groups in total. The van der Waals surface area contributed by atoms with Gasteiger partial charge in [-0.1, -0.05) is 54.6 Å². The molecule has 6 heteroatoms. The van der Waals surface area contributed by atoms with Crippen LogP contribution in [0.5, 0.6) is 5.75 Å². The zero-order valence-corrected chi connectivity index (χ0v) is 15.5. The lowest BCUT2D eigenvalue weighted by Crippen LogP contribution is -2.24. The molecule has 0 fully saturated rings. The van der Waals surface area contributed by atoms with Gasteiger partial charge >= 0.3 is 0 Å². The molecule has 0 bridgehead atoms. The topological polar surface area (TPSA) is 55.4 Å². The van der Waals surface area contributed by atoms with E-state index in [2.05, 4.69) is 4.72 Å². The SMILES string of the molecule is O=S(=O)(Cc1ccccc1)NCc1ccc(OCc2ccc(F)cc2)cc1. The molecular weight excluding hydrogens is 365 g/mol. The van der Waals surface area contributed by atoms with Crippen molar-refractivity contribution in [2.45, 2.75) is 18.9 Å². The van der Waals surface area contributed by atoms with Gasteiger partial charge in [-0.05, 0) is 41.0 Å². The summed E-state index contributed by atoms with van der Waals surface area (Å²) < 4.78 is 45.5. The van der Waals surface area contributed by atoms with Gasteiger partial charge in [0.1, 0.15) is 18.2 Å². The average molecular weight is 385 g/mol. The van der Waals surface area contributed by atoms with Crippen molar-refractivity contribution in [2.24, 2.45) is 0 Å². The summed E-state index contributed by atoms with van der Waals surface area (Å²) in [4.78, 5) is 0. The maximum Gasteiger partial charge on any atom is 0.216 e. The van der Waals surface area contributed by atoms with Gasteiger partial charge < -0.3 is 4.74 Å². The summed E-state index contributed by atoms with van der Waals surface area (Å²) in [5.74, 6) is 0.334. The second-order valence-corrected chi connectivity index (χ2v) is 7.93. The van der Waals surface area contributed by atoms with E-state index in [1.807, 2.05) is 30.3 Å². The number of ether oxygens (including phenoxy) is 1. The number of hydrogen-bond donors (Lipinski definition) is 1. The van der Waals surface area contributed by atoms with E-state index in [1.165, 1.54) is 12.1 Å².